The van der Waals surface area contributed by atoms with Gasteiger partial charge < -0.3 is 4.90 Å². The maximum atomic E-state index is 12.4. The van der Waals surface area contributed by atoms with Gasteiger partial charge in [0.15, 0.2) is 0 Å². The number of nitrogens with zero attached hydrogens (tertiary/aromatic N) is 7. The predicted octanol–water partition coefficient (Wildman–Crippen LogP) is 0.881. The van der Waals surface area contributed by atoms with E-state index in [1.807, 2.05) is 15.8 Å². The maximum absolute atomic E-state index is 12.4. The van der Waals surface area contributed by atoms with Crippen molar-refractivity contribution >= 4 is 5.91 Å². The number of likely N-dealkylation sites (tertiary alicyclic amines) is 1. The highest BCUT2D eigenvalue weighted by Crippen LogP contribution is 2.29. The Bertz CT molecular complexity index is 653. The Hall–Kier alpha value is -2.25. The molecule has 8 nitrogen and oxygen atoms in total. The fourth-order valence-electron chi connectivity index (χ4n) is 3.44. The number of aromatic nitrogens is 6. The molecule has 0 radical (unpaired) electrons. The van der Waals surface area contributed by atoms with Gasteiger partial charge in [-0.05, 0) is 12.8 Å². The minimum absolute atomic E-state index is 0.245. The van der Waals surface area contributed by atoms with Gasteiger partial charge in [-0.2, -0.15) is 15.0 Å². The number of carbonyl (C=O) groups is 1. The zero-order valence-corrected chi connectivity index (χ0v) is 13.1. The van der Waals surface area contributed by atoms with E-state index < -0.39 is 0 Å². The Morgan fingerprint density at radius 3 is 2.61 bits per heavy atom. The van der Waals surface area contributed by atoms with Crippen LogP contribution in [0.1, 0.15) is 43.8 Å². The van der Waals surface area contributed by atoms with E-state index in [4.69, 9.17) is 0 Å². The third-order valence-corrected chi connectivity index (χ3v) is 4.83. The molecule has 0 atom stereocenters. The van der Waals surface area contributed by atoms with Gasteiger partial charge in [0, 0.05) is 19.0 Å². The van der Waals surface area contributed by atoms with Gasteiger partial charge in [-0.3, -0.25) is 4.79 Å². The van der Waals surface area contributed by atoms with Crippen molar-refractivity contribution < 1.29 is 4.79 Å². The lowest BCUT2D eigenvalue weighted by molar-refractivity contribution is -0.142. The predicted molar refractivity (Wildman–Crippen MR) is 81.3 cm³/mol. The van der Waals surface area contributed by atoms with E-state index in [0.717, 1.165) is 31.6 Å². The lowest BCUT2D eigenvalue weighted by atomic mass is 9.87. The van der Waals surface area contributed by atoms with Gasteiger partial charge in [0.2, 0.25) is 5.91 Å². The van der Waals surface area contributed by atoms with Crippen molar-refractivity contribution in [2.75, 3.05) is 13.1 Å². The van der Waals surface area contributed by atoms with Crippen LogP contribution in [0.2, 0.25) is 0 Å². The standard InChI is InChI=1S/C15H21N7O/c23-15(12-4-2-1-3-5-12)20-10-14(11-20)21-8-13(18-19-21)9-22-16-6-7-17-22/h6-8,12,14H,1-5,9-11H2. The van der Waals surface area contributed by atoms with E-state index in [1.165, 1.54) is 19.3 Å². The Kier molecular flexibility index (Phi) is 3.80. The molecule has 2 aromatic rings. The lowest BCUT2D eigenvalue weighted by Gasteiger charge is -2.41. The highest BCUT2D eigenvalue weighted by molar-refractivity contribution is 5.79. The Balaban J connectivity index is 1.31. The number of hydrogen-bond donors (Lipinski definition) is 0. The highest BCUT2D eigenvalue weighted by atomic mass is 16.2. The molecule has 4 rings (SSSR count). The molecular weight excluding hydrogens is 294 g/mol. The summed E-state index contributed by atoms with van der Waals surface area (Å²) in [5.41, 5.74) is 0.832. The third kappa shape index (κ3) is 2.97. The average molecular weight is 315 g/mol. The number of rotatable bonds is 4. The number of carbonyl (C=O) groups excluding carboxylic acids is 1. The molecule has 2 aliphatic rings. The van der Waals surface area contributed by atoms with Crippen LogP contribution in [0, 0.1) is 5.92 Å². The zero-order valence-electron chi connectivity index (χ0n) is 13.1. The minimum atomic E-state index is 0.245. The first kappa shape index (κ1) is 14.3. The molecule has 0 unspecified atom stereocenters. The molecule has 1 saturated carbocycles. The molecule has 1 saturated heterocycles. The summed E-state index contributed by atoms with van der Waals surface area (Å²) in [5, 5.41) is 16.5. The van der Waals surface area contributed by atoms with Crippen molar-refractivity contribution in [2.45, 2.75) is 44.7 Å². The molecule has 0 spiro atoms. The average Bonchev–Trinajstić information content (AvgIpc) is 3.19. The first-order valence-electron chi connectivity index (χ1n) is 8.33. The van der Waals surface area contributed by atoms with Gasteiger partial charge in [0.05, 0.1) is 24.6 Å². The zero-order chi connectivity index (χ0) is 15.6. The summed E-state index contributed by atoms with van der Waals surface area (Å²) in [6.07, 6.45) is 11.0. The van der Waals surface area contributed by atoms with Crippen LogP contribution in [0.25, 0.3) is 0 Å². The van der Waals surface area contributed by atoms with Crippen LogP contribution in [0.5, 0.6) is 0 Å². The minimum Gasteiger partial charge on any atom is -0.338 e. The molecular formula is C15H21N7O. The summed E-state index contributed by atoms with van der Waals surface area (Å²) in [7, 11) is 0. The summed E-state index contributed by atoms with van der Waals surface area (Å²) >= 11 is 0. The second kappa shape index (κ2) is 6.10. The molecule has 0 bridgehead atoms. The van der Waals surface area contributed by atoms with Gasteiger partial charge in [-0.15, -0.1) is 5.10 Å². The normalized spacial score (nSPS) is 19.7. The number of amides is 1. The van der Waals surface area contributed by atoms with Gasteiger partial charge in [-0.25, -0.2) is 4.68 Å². The topological polar surface area (TPSA) is 81.7 Å². The highest BCUT2D eigenvalue weighted by Gasteiger charge is 2.36. The largest absolute Gasteiger partial charge is 0.338 e. The van der Waals surface area contributed by atoms with E-state index in [9.17, 15) is 4.79 Å². The Labute approximate surface area is 134 Å². The van der Waals surface area contributed by atoms with Crippen LogP contribution >= 0.6 is 0 Å². The second-order valence-corrected chi connectivity index (χ2v) is 6.48. The molecule has 2 fully saturated rings. The van der Waals surface area contributed by atoms with E-state index in [-0.39, 0.29) is 12.0 Å². The molecule has 0 N–H and O–H groups in total. The first-order valence-corrected chi connectivity index (χ1v) is 8.33. The molecule has 122 valence electrons. The van der Waals surface area contributed by atoms with E-state index in [2.05, 4.69) is 20.5 Å². The van der Waals surface area contributed by atoms with Crippen molar-refractivity contribution in [3.63, 3.8) is 0 Å². The van der Waals surface area contributed by atoms with Gasteiger partial charge in [-0.1, -0.05) is 24.5 Å². The molecule has 3 heterocycles. The van der Waals surface area contributed by atoms with Crippen molar-refractivity contribution in [2.24, 2.45) is 5.92 Å². The van der Waals surface area contributed by atoms with E-state index in [1.54, 1.807) is 17.2 Å². The maximum Gasteiger partial charge on any atom is 0.225 e. The summed E-state index contributed by atoms with van der Waals surface area (Å²) in [6, 6.07) is 0.245. The van der Waals surface area contributed by atoms with Crippen LogP contribution < -0.4 is 0 Å². The first-order chi connectivity index (χ1) is 11.3. The van der Waals surface area contributed by atoms with E-state index >= 15 is 0 Å². The molecule has 1 amide bonds. The monoisotopic (exact) mass is 315 g/mol. The van der Waals surface area contributed by atoms with Crippen LogP contribution in [0.4, 0.5) is 0 Å². The van der Waals surface area contributed by atoms with Crippen molar-refractivity contribution in [1.29, 1.82) is 0 Å². The van der Waals surface area contributed by atoms with Crippen molar-refractivity contribution in [1.82, 2.24) is 34.9 Å². The summed E-state index contributed by atoms with van der Waals surface area (Å²) < 4.78 is 1.86. The van der Waals surface area contributed by atoms with Crippen molar-refractivity contribution in [3.8, 4) is 0 Å². The van der Waals surface area contributed by atoms with E-state index in [0.29, 0.717) is 12.5 Å². The quantitative estimate of drug-likeness (QED) is 0.836. The van der Waals surface area contributed by atoms with Crippen LogP contribution in [0.15, 0.2) is 18.6 Å². The summed E-state index contributed by atoms with van der Waals surface area (Å²) in [4.78, 5) is 16.0. The number of hydrogen-bond acceptors (Lipinski definition) is 5. The lowest BCUT2D eigenvalue weighted by Crippen LogP contribution is -2.53. The second-order valence-electron chi connectivity index (χ2n) is 6.48. The molecule has 1 aliphatic carbocycles. The fourth-order valence-corrected chi connectivity index (χ4v) is 3.44. The smallest absolute Gasteiger partial charge is 0.225 e. The molecule has 23 heavy (non-hydrogen) atoms. The Morgan fingerprint density at radius 2 is 1.87 bits per heavy atom. The molecule has 0 aromatic carbocycles. The SMILES string of the molecule is O=C(C1CCCCC1)N1CC(n2cc(Cn3nccn3)nn2)C1. The Morgan fingerprint density at radius 1 is 1.13 bits per heavy atom. The van der Waals surface area contributed by atoms with Crippen LogP contribution in [0.3, 0.4) is 0 Å². The summed E-state index contributed by atoms with van der Waals surface area (Å²) in [5.74, 6) is 0.587. The fraction of sp³-hybridized carbons (Fsp3) is 0.667. The van der Waals surface area contributed by atoms with Crippen LogP contribution in [-0.2, 0) is 11.3 Å². The molecule has 2 aromatic heterocycles. The summed E-state index contributed by atoms with van der Waals surface area (Å²) in [6.45, 7) is 2.01. The third-order valence-electron chi connectivity index (χ3n) is 4.83. The van der Waals surface area contributed by atoms with Gasteiger partial charge in [0.25, 0.3) is 0 Å². The molecule has 8 heteroatoms. The van der Waals surface area contributed by atoms with Crippen LogP contribution in [-0.4, -0.2) is 53.9 Å². The van der Waals surface area contributed by atoms with Gasteiger partial charge >= 0.3 is 0 Å². The van der Waals surface area contributed by atoms with Crippen molar-refractivity contribution in [3.05, 3.63) is 24.3 Å². The van der Waals surface area contributed by atoms with Gasteiger partial charge in [0.1, 0.15) is 12.2 Å². The molecule has 1 aliphatic heterocycles.